The van der Waals surface area contributed by atoms with Crippen LogP contribution in [-0.2, 0) is 9.53 Å². The van der Waals surface area contributed by atoms with Crippen molar-refractivity contribution in [2.45, 2.75) is 6.92 Å². The fraction of sp³-hybridized carbons (Fsp3) is 0.0870. The molecule has 0 aliphatic carbocycles. The number of furan rings is 1. The van der Waals surface area contributed by atoms with Gasteiger partial charge in [-0.2, -0.15) is 0 Å². The smallest absolute Gasteiger partial charge is 0.338 e. The van der Waals surface area contributed by atoms with Crippen LogP contribution in [0, 0.1) is 0 Å². The molecule has 2 aromatic carbocycles. The Morgan fingerprint density at radius 3 is 2.47 bits per heavy atom. The molecular weight excluding hydrogens is 400 g/mol. The minimum atomic E-state index is -0.395. The van der Waals surface area contributed by atoms with Gasteiger partial charge in [-0.3, -0.25) is 10.1 Å². The number of carbonyl (C=O) groups excluding carboxylic acids is 2. The number of anilines is 1. The normalized spacial score (nSPS) is 10.6. The van der Waals surface area contributed by atoms with Crippen molar-refractivity contribution < 1.29 is 18.7 Å². The Bertz CT molecular complexity index is 1060. The van der Waals surface area contributed by atoms with Crippen molar-refractivity contribution in [3.05, 3.63) is 84.1 Å². The molecule has 1 aromatic heterocycles. The van der Waals surface area contributed by atoms with E-state index in [0.29, 0.717) is 23.6 Å². The molecule has 3 rings (SSSR count). The van der Waals surface area contributed by atoms with Gasteiger partial charge in [-0.1, -0.05) is 30.3 Å². The van der Waals surface area contributed by atoms with Gasteiger partial charge in [0.25, 0.3) is 0 Å². The maximum atomic E-state index is 12.1. The molecule has 0 spiro atoms. The Labute approximate surface area is 179 Å². The fourth-order valence-electron chi connectivity index (χ4n) is 2.58. The Kier molecular flexibility index (Phi) is 7.13. The average Bonchev–Trinajstić information content (AvgIpc) is 3.23. The maximum Gasteiger partial charge on any atom is 0.338 e. The number of thiocarbonyl (C=S) groups is 1. The molecule has 0 saturated heterocycles. The lowest BCUT2D eigenvalue weighted by Crippen LogP contribution is -2.32. The molecule has 0 bridgehead atoms. The van der Waals surface area contributed by atoms with Crippen molar-refractivity contribution in [1.82, 2.24) is 5.32 Å². The van der Waals surface area contributed by atoms with E-state index in [1.165, 1.54) is 6.08 Å². The first-order valence-electron chi connectivity index (χ1n) is 9.27. The van der Waals surface area contributed by atoms with Gasteiger partial charge in [0, 0.05) is 17.3 Å². The molecule has 0 atom stereocenters. The third-order valence-corrected chi connectivity index (χ3v) is 4.18. The molecular formula is C23H20N2O4S. The number of esters is 1. The predicted octanol–water partition coefficient (Wildman–Crippen LogP) is 4.65. The molecule has 0 aliphatic heterocycles. The molecule has 6 nitrogen and oxygen atoms in total. The number of ether oxygens (including phenoxy) is 1. The van der Waals surface area contributed by atoms with E-state index in [-0.39, 0.29) is 5.11 Å². The Morgan fingerprint density at radius 1 is 1.03 bits per heavy atom. The first-order valence-corrected chi connectivity index (χ1v) is 9.68. The number of carbonyl (C=O) groups is 2. The molecule has 0 fully saturated rings. The highest BCUT2D eigenvalue weighted by molar-refractivity contribution is 7.80. The highest BCUT2D eigenvalue weighted by atomic mass is 32.1. The lowest BCUT2D eigenvalue weighted by Gasteiger charge is -2.08. The van der Waals surface area contributed by atoms with Crippen LogP contribution in [0.1, 0.15) is 23.0 Å². The van der Waals surface area contributed by atoms with Gasteiger partial charge in [0.05, 0.1) is 12.2 Å². The van der Waals surface area contributed by atoms with E-state index in [2.05, 4.69) is 10.6 Å². The summed E-state index contributed by atoms with van der Waals surface area (Å²) in [6, 6.07) is 19.9. The zero-order valence-electron chi connectivity index (χ0n) is 16.3. The van der Waals surface area contributed by atoms with Gasteiger partial charge in [0.15, 0.2) is 5.11 Å². The second-order valence-electron chi connectivity index (χ2n) is 6.14. The number of amides is 1. The summed E-state index contributed by atoms with van der Waals surface area (Å²) in [4.78, 5) is 23.7. The number of benzene rings is 2. The Hall–Kier alpha value is -3.71. The highest BCUT2D eigenvalue weighted by Gasteiger charge is 2.07. The van der Waals surface area contributed by atoms with Gasteiger partial charge >= 0.3 is 5.97 Å². The third kappa shape index (κ3) is 5.89. The number of hydrogen-bond acceptors (Lipinski definition) is 5. The first-order chi connectivity index (χ1) is 14.5. The standard InChI is InChI=1S/C23H20N2O4S/c1-2-28-22(27)17-8-10-18(11-9-17)24-23(30)25-21(26)15-13-19-12-14-20(29-19)16-6-4-3-5-7-16/h3-15H,2H2,1H3,(H2,24,25,26,30)/b15-13+. The number of nitrogens with one attached hydrogen (secondary N) is 2. The van der Waals surface area contributed by atoms with Crippen LogP contribution in [0.2, 0.25) is 0 Å². The van der Waals surface area contributed by atoms with Gasteiger partial charge in [0.2, 0.25) is 5.91 Å². The second kappa shape index (κ2) is 10.2. The van der Waals surface area contributed by atoms with Crippen molar-refractivity contribution >= 4 is 41.0 Å². The van der Waals surface area contributed by atoms with Crippen LogP contribution < -0.4 is 10.6 Å². The topological polar surface area (TPSA) is 80.6 Å². The molecule has 7 heteroatoms. The molecule has 0 saturated carbocycles. The van der Waals surface area contributed by atoms with E-state index in [0.717, 1.165) is 11.3 Å². The van der Waals surface area contributed by atoms with Crippen LogP contribution in [0.15, 0.2) is 77.2 Å². The van der Waals surface area contributed by atoms with Crippen molar-refractivity contribution in [2.24, 2.45) is 0 Å². The molecule has 0 radical (unpaired) electrons. The molecule has 3 aromatic rings. The van der Waals surface area contributed by atoms with Crippen LogP contribution in [0.25, 0.3) is 17.4 Å². The molecule has 152 valence electrons. The average molecular weight is 420 g/mol. The monoisotopic (exact) mass is 420 g/mol. The van der Waals surface area contributed by atoms with E-state index in [4.69, 9.17) is 21.4 Å². The molecule has 0 aliphatic rings. The largest absolute Gasteiger partial charge is 0.462 e. The van der Waals surface area contributed by atoms with Crippen molar-refractivity contribution in [1.29, 1.82) is 0 Å². The van der Waals surface area contributed by atoms with Crippen molar-refractivity contribution in [2.75, 3.05) is 11.9 Å². The predicted molar refractivity (Wildman–Crippen MR) is 120 cm³/mol. The summed E-state index contributed by atoms with van der Waals surface area (Å²) < 4.78 is 10.6. The summed E-state index contributed by atoms with van der Waals surface area (Å²) in [7, 11) is 0. The number of hydrogen-bond donors (Lipinski definition) is 2. The number of rotatable bonds is 6. The van der Waals surface area contributed by atoms with E-state index in [9.17, 15) is 9.59 Å². The molecule has 1 amide bonds. The summed E-state index contributed by atoms with van der Waals surface area (Å²) in [5.74, 6) is 0.489. The van der Waals surface area contributed by atoms with Crippen LogP contribution in [0.5, 0.6) is 0 Å². The maximum absolute atomic E-state index is 12.1. The Balaban J connectivity index is 1.51. The summed E-state index contributed by atoms with van der Waals surface area (Å²) in [6.45, 7) is 2.06. The van der Waals surface area contributed by atoms with Gasteiger partial charge in [0.1, 0.15) is 11.5 Å². The minimum Gasteiger partial charge on any atom is -0.462 e. The molecule has 2 N–H and O–H groups in total. The Morgan fingerprint density at radius 2 is 1.77 bits per heavy atom. The summed E-state index contributed by atoms with van der Waals surface area (Å²) in [5, 5.41) is 5.58. The van der Waals surface area contributed by atoms with Gasteiger partial charge < -0.3 is 14.5 Å². The van der Waals surface area contributed by atoms with Gasteiger partial charge in [-0.15, -0.1) is 0 Å². The van der Waals surface area contributed by atoms with Crippen molar-refractivity contribution in [3.8, 4) is 11.3 Å². The van der Waals surface area contributed by atoms with E-state index in [1.54, 1.807) is 43.3 Å². The van der Waals surface area contributed by atoms with Crippen molar-refractivity contribution in [3.63, 3.8) is 0 Å². The first kappa shape index (κ1) is 21.0. The van der Waals surface area contributed by atoms with Crippen LogP contribution in [-0.4, -0.2) is 23.6 Å². The van der Waals surface area contributed by atoms with Crippen LogP contribution in [0.3, 0.4) is 0 Å². The summed E-state index contributed by atoms with van der Waals surface area (Å²) >= 11 is 5.15. The van der Waals surface area contributed by atoms with E-state index in [1.807, 2.05) is 36.4 Å². The van der Waals surface area contributed by atoms with Gasteiger partial charge in [-0.05, 0) is 61.6 Å². The lowest BCUT2D eigenvalue weighted by atomic mass is 10.2. The van der Waals surface area contributed by atoms with Crippen LogP contribution >= 0.6 is 12.2 Å². The third-order valence-electron chi connectivity index (χ3n) is 3.97. The fourth-order valence-corrected chi connectivity index (χ4v) is 2.80. The molecule has 0 unspecified atom stereocenters. The van der Waals surface area contributed by atoms with E-state index >= 15 is 0 Å². The zero-order valence-corrected chi connectivity index (χ0v) is 17.1. The van der Waals surface area contributed by atoms with Gasteiger partial charge in [-0.25, -0.2) is 4.79 Å². The van der Waals surface area contributed by atoms with Crippen LogP contribution in [0.4, 0.5) is 5.69 Å². The quantitative estimate of drug-likeness (QED) is 0.343. The highest BCUT2D eigenvalue weighted by Crippen LogP contribution is 2.22. The SMILES string of the molecule is CCOC(=O)c1ccc(NC(=S)NC(=O)/C=C/c2ccc(-c3ccccc3)o2)cc1. The zero-order chi connectivity index (χ0) is 21.3. The minimum absolute atomic E-state index is 0.137. The summed E-state index contributed by atoms with van der Waals surface area (Å²) in [5.41, 5.74) is 2.03. The molecule has 1 heterocycles. The van der Waals surface area contributed by atoms with E-state index < -0.39 is 11.9 Å². The molecule has 30 heavy (non-hydrogen) atoms. The summed E-state index contributed by atoms with van der Waals surface area (Å²) in [6.07, 6.45) is 2.91. The second-order valence-corrected chi connectivity index (χ2v) is 6.55. The lowest BCUT2D eigenvalue weighted by molar-refractivity contribution is -0.115.